The number of hydrogen-bond acceptors (Lipinski definition) is 2. The summed E-state index contributed by atoms with van der Waals surface area (Å²) in [5, 5.41) is 3.28. The van der Waals surface area contributed by atoms with Gasteiger partial charge < -0.3 is 11.1 Å². The summed E-state index contributed by atoms with van der Waals surface area (Å²) in [6.07, 6.45) is 26.8. The Labute approximate surface area is 146 Å². The molecule has 0 aromatic rings. The lowest BCUT2D eigenvalue weighted by Crippen LogP contribution is -2.07. The van der Waals surface area contributed by atoms with Gasteiger partial charge in [-0.05, 0) is 12.6 Å². The fraction of sp³-hybridized carbons (Fsp3) is 0.905. The highest BCUT2D eigenvalue weighted by Gasteiger charge is 1.94. The largest absolute Gasteiger partial charge is 0.391 e. The van der Waals surface area contributed by atoms with Crippen LogP contribution in [0.4, 0.5) is 0 Å². The van der Waals surface area contributed by atoms with Crippen molar-refractivity contribution in [2.24, 2.45) is 5.73 Å². The topological polar surface area (TPSA) is 38.0 Å². The molecule has 0 fully saturated rings. The van der Waals surface area contributed by atoms with Crippen LogP contribution in [0.2, 0.25) is 0 Å². The van der Waals surface area contributed by atoms with Gasteiger partial charge >= 0.3 is 0 Å². The highest BCUT2D eigenvalue weighted by molar-refractivity contribution is 4.79. The van der Waals surface area contributed by atoms with E-state index in [2.05, 4.69) is 12.2 Å². The molecule has 0 aromatic carbocycles. The zero-order valence-corrected chi connectivity index (χ0v) is 16.0. The zero-order valence-electron chi connectivity index (χ0n) is 16.0. The monoisotopic (exact) mass is 324 g/mol. The first-order valence-electron chi connectivity index (χ1n) is 10.5. The maximum absolute atomic E-state index is 5.38. The van der Waals surface area contributed by atoms with Crippen LogP contribution in [-0.2, 0) is 0 Å². The first kappa shape index (κ1) is 22.5. The number of hydrogen-bond donors (Lipinski definition) is 2. The van der Waals surface area contributed by atoms with Crippen molar-refractivity contribution in [3.63, 3.8) is 0 Å². The van der Waals surface area contributed by atoms with Crippen molar-refractivity contribution in [3.05, 3.63) is 12.3 Å². The standard InChI is InChI=1S/C21H44N2/c1-2-3-4-5-6-7-8-9-10-11-12-13-14-15-16-17-20-23-21-18-19-22/h18,21,23H,2-17,19-20,22H2,1H3/b21-18+. The smallest absolute Gasteiger partial charge is 0.0141 e. The summed E-state index contributed by atoms with van der Waals surface area (Å²) in [5.41, 5.74) is 5.38. The third kappa shape index (κ3) is 21.5. The van der Waals surface area contributed by atoms with Gasteiger partial charge in [0.1, 0.15) is 0 Å². The van der Waals surface area contributed by atoms with Gasteiger partial charge in [0.25, 0.3) is 0 Å². The molecule has 2 nitrogen and oxygen atoms in total. The van der Waals surface area contributed by atoms with Crippen LogP contribution in [0.5, 0.6) is 0 Å². The van der Waals surface area contributed by atoms with Crippen molar-refractivity contribution in [2.45, 2.75) is 110 Å². The predicted molar refractivity (Wildman–Crippen MR) is 106 cm³/mol. The molecule has 0 bridgehead atoms. The Kier molecular flexibility index (Phi) is 21.0. The maximum Gasteiger partial charge on any atom is 0.0141 e. The Morgan fingerprint density at radius 1 is 0.609 bits per heavy atom. The van der Waals surface area contributed by atoms with Crippen molar-refractivity contribution in [3.8, 4) is 0 Å². The molecule has 0 rings (SSSR count). The number of nitrogens with two attached hydrogens (primary N) is 1. The van der Waals surface area contributed by atoms with Crippen molar-refractivity contribution >= 4 is 0 Å². The van der Waals surface area contributed by atoms with Gasteiger partial charge in [0.05, 0.1) is 0 Å². The molecular formula is C21H44N2. The number of rotatable bonds is 19. The fourth-order valence-electron chi connectivity index (χ4n) is 3.01. The van der Waals surface area contributed by atoms with E-state index in [1.54, 1.807) is 0 Å². The minimum atomic E-state index is 0.631. The Morgan fingerprint density at radius 2 is 1.00 bits per heavy atom. The molecule has 0 saturated heterocycles. The summed E-state index contributed by atoms with van der Waals surface area (Å²) in [7, 11) is 0. The van der Waals surface area contributed by atoms with Crippen LogP contribution < -0.4 is 11.1 Å². The van der Waals surface area contributed by atoms with Gasteiger partial charge in [-0.2, -0.15) is 0 Å². The average Bonchev–Trinajstić information content (AvgIpc) is 2.57. The lowest BCUT2D eigenvalue weighted by atomic mass is 10.0. The summed E-state index contributed by atoms with van der Waals surface area (Å²) in [6.45, 7) is 4.01. The molecule has 23 heavy (non-hydrogen) atoms. The van der Waals surface area contributed by atoms with Gasteiger partial charge in [-0.25, -0.2) is 0 Å². The third-order valence-corrected chi connectivity index (χ3v) is 4.55. The van der Waals surface area contributed by atoms with E-state index in [0.717, 1.165) is 6.54 Å². The molecular weight excluding hydrogens is 280 g/mol. The van der Waals surface area contributed by atoms with Gasteiger partial charge in [-0.15, -0.1) is 0 Å². The lowest BCUT2D eigenvalue weighted by molar-refractivity contribution is 0.528. The van der Waals surface area contributed by atoms with Crippen LogP contribution in [-0.4, -0.2) is 13.1 Å². The van der Waals surface area contributed by atoms with E-state index < -0.39 is 0 Å². The van der Waals surface area contributed by atoms with Gasteiger partial charge in [-0.1, -0.05) is 109 Å². The second-order valence-corrected chi connectivity index (χ2v) is 6.90. The fourth-order valence-corrected chi connectivity index (χ4v) is 3.01. The second kappa shape index (κ2) is 21.5. The third-order valence-electron chi connectivity index (χ3n) is 4.55. The van der Waals surface area contributed by atoms with Gasteiger partial charge in [0, 0.05) is 13.1 Å². The average molecular weight is 325 g/mol. The molecule has 0 spiro atoms. The van der Waals surface area contributed by atoms with E-state index in [9.17, 15) is 0 Å². The predicted octanol–water partition coefficient (Wildman–Crippen LogP) is 6.31. The normalized spacial score (nSPS) is 11.4. The van der Waals surface area contributed by atoms with Crippen molar-refractivity contribution in [1.82, 2.24) is 5.32 Å². The van der Waals surface area contributed by atoms with Crippen LogP contribution in [0.15, 0.2) is 12.3 Å². The zero-order chi connectivity index (χ0) is 16.8. The molecule has 3 N–H and O–H groups in total. The summed E-state index contributed by atoms with van der Waals surface area (Å²) >= 11 is 0. The van der Waals surface area contributed by atoms with Crippen LogP contribution in [0, 0.1) is 0 Å². The minimum absolute atomic E-state index is 0.631. The summed E-state index contributed by atoms with van der Waals surface area (Å²) in [6, 6.07) is 0. The minimum Gasteiger partial charge on any atom is -0.391 e. The SMILES string of the molecule is CCCCCCCCCCCCCCCCCCN/C=C/CN. The van der Waals surface area contributed by atoms with Crippen LogP contribution in [0.3, 0.4) is 0 Å². The molecule has 0 radical (unpaired) electrons. The van der Waals surface area contributed by atoms with Gasteiger partial charge in [-0.3, -0.25) is 0 Å². The number of nitrogens with one attached hydrogen (secondary N) is 1. The molecule has 0 aliphatic heterocycles. The van der Waals surface area contributed by atoms with Crippen molar-refractivity contribution in [2.75, 3.05) is 13.1 Å². The van der Waals surface area contributed by atoms with Crippen molar-refractivity contribution < 1.29 is 0 Å². The summed E-state index contributed by atoms with van der Waals surface area (Å²) in [4.78, 5) is 0. The maximum atomic E-state index is 5.38. The van der Waals surface area contributed by atoms with Crippen molar-refractivity contribution in [1.29, 1.82) is 0 Å². The van der Waals surface area contributed by atoms with Crippen LogP contribution in [0.25, 0.3) is 0 Å². The van der Waals surface area contributed by atoms with E-state index in [-0.39, 0.29) is 0 Å². The first-order valence-corrected chi connectivity index (χ1v) is 10.5. The molecule has 138 valence electrons. The Hall–Kier alpha value is -0.500. The highest BCUT2D eigenvalue weighted by Crippen LogP contribution is 2.13. The molecule has 0 heterocycles. The Bertz CT molecular complexity index is 226. The first-order chi connectivity index (χ1) is 11.4. The van der Waals surface area contributed by atoms with E-state index >= 15 is 0 Å². The van der Waals surface area contributed by atoms with Gasteiger partial charge in [0.15, 0.2) is 0 Å². The van der Waals surface area contributed by atoms with Crippen LogP contribution >= 0.6 is 0 Å². The summed E-state index contributed by atoms with van der Waals surface area (Å²) < 4.78 is 0. The van der Waals surface area contributed by atoms with E-state index in [0.29, 0.717) is 6.54 Å². The molecule has 0 unspecified atom stereocenters. The molecule has 0 amide bonds. The summed E-state index contributed by atoms with van der Waals surface area (Å²) in [5.74, 6) is 0. The molecule has 0 aromatic heterocycles. The molecule has 0 aliphatic rings. The Morgan fingerprint density at radius 3 is 1.39 bits per heavy atom. The second-order valence-electron chi connectivity index (χ2n) is 6.90. The molecule has 0 atom stereocenters. The number of unbranched alkanes of at least 4 members (excludes halogenated alkanes) is 15. The van der Waals surface area contributed by atoms with E-state index in [4.69, 9.17) is 5.73 Å². The van der Waals surface area contributed by atoms with Crippen LogP contribution in [0.1, 0.15) is 110 Å². The van der Waals surface area contributed by atoms with Gasteiger partial charge in [0.2, 0.25) is 0 Å². The molecule has 0 aliphatic carbocycles. The molecule has 0 saturated carbocycles. The Balaban J connectivity index is 2.96. The van der Waals surface area contributed by atoms with E-state index in [1.807, 2.05) is 12.3 Å². The quantitative estimate of drug-likeness (QED) is 0.273. The lowest BCUT2D eigenvalue weighted by Gasteiger charge is -2.04. The highest BCUT2D eigenvalue weighted by atomic mass is 14.8. The van der Waals surface area contributed by atoms with E-state index in [1.165, 1.54) is 103 Å². The molecule has 2 heteroatoms.